The highest BCUT2D eigenvalue weighted by Gasteiger charge is 2.34. The summed E-state index contributed by atoms with van der Waals surface area (Å²) in [5.41, 5.74) is 0.972. The van der Waals surface area contributed by atoms with Crippen LogP contribution in [0.15, 0.2) is 36.5 Å². The lowest BCUT2D eigenvalue weighted by molar-refractivity contribution is -0.145. The van der Waals surface area contributed by atoms with Crippen LogP contribution < -0.4 is 5.32 Å². The molecule has 1 aromatic heterocycles. The average molecular weight is 340 g/mol. The minimum Gasteiger partial charge on any atom is -0.467 e. The van der Waals surface area contributed by atoms with Gasteiger partial charge in [-0.15, -0.1) is 0 Å². The largest absolute Gasteiger partial charge is 0.467 e. The third-order valence-electron chi connectivity index (χ3n) is 4.61. The molecule has 1 aliphatic carbocycles. The van der Waals surface area contributed by atoms with Crippen molar-refractivity contribution in [1.29, 1.82) is 0 Å². The smallest absolute Gasteiger partial charge is 0.328 e. The fourth-order valence-electron chi connectivity index (χ4n) is 3.35. The highest BCUT2D eigenvalue weighted by atomic mass is 16.5. The normalized spacial score (nSPS) is 18.6. The second kappa shape index (κ2) is 7.42. The standard InChI is InChI=1S/C19H20N2O4/c1-25-19(24)17(13-6-2-8-14(22)11-13)21-18(23)15-9-3-5-12-7-4-10-20-16(12)15/h3-5,7,9-10,13,17H,2,6,8,11H2,1H3,(H,21,23)/t13-,17+/m0/s1. The summed E-state index contributed by atoms with van der Waals surface area (Å²) in [5.74, 6) is -1.04. The van der Waals surface area contributed by atoms with E-state index in [-0.39, 0.29) is 18.1 Å². The van der Waals surface area contributed by atoms with E-state index in [0.29, 0.717) is 23.9 Å². The van der Waals surface area contributed by atoms with Crippen LogP contribution in [0.25, 0.3) is 10.9 Å². The number of methoxy groups -OCH3 is 1. The van der Waals surface area contributed by atoms with Crippen LogP contribution in [0, 0.1) is 5.92 Å². The first kappa shape index (κ1) is 17.1. The number of ketones is 1. The first-order valence-electron chi connectivity index (χ1n) is 8.34. The molecule has 2 atom stereocenters. The van der Waals surface area contributed by atoms with Crippen molar-refractivity contribution in [3.8, 4) is 0 Å². The molecule has 0 unspecified atom stereocenters. The number of aromatic nitrogens is 1. The number of rotatable bonds is 4. The molecular formula is C19H20N2O4. The first-order valence-corrected chi connectivity index (χ1v) is 8.34. The summed E-state index contributed by atoms with van der Waals surface area (Å²) in [6.45, 7) is 0. The molecule has 3 rings (SSSR count). The number of nitrogens with one attached hydrogen (secondary N) is 1. The van der Waals surface area contributed by atoms with Crippen LogP contribution in [-0.4, -0.2) is 35.8 Å². The predicted molar refractivity (Wildman–Crippen MR) is 92.0 cm³/mol. The highest BCUT2D eigenvalue weighted by Crippen LogP contribution is 2.26. The minimum absolute atomic E-state index is 0.117. The zero-order chi connectivity index (χ0) is 17.8. The Kier molecular flexibility index (Phi) is 5.07. The Balaban J connectivity index is 1.87. The summed E-state index contributed by atoms with van der Waals surface area (Å²) in [6, 6.07) is 8.16. The van der Waals surface area contributed by atoms with Gasteiger partial charge in [0.1, 0.15) is 11.8 Å². The number of Topliss-reactive ketones (excluding diaryl/α,β-unsaturated/α-hetero) is 1. The summed E-state index contributed by atoms with van der Waals surface area (Å²) in [6.07, 6.45) is 3.87. The van der Waals surface area contributed by atoms with Crippen molar-refractivity contribution in [2.24, 2.45) is 5.92 Å². The van der Waals surface area contributed by atoms with Gasteiger partial charge in [-0.05, 0) is 30.9 Å². The fourth-order valence-corrected chi connectivity index (χ4v) is 3.35. The van der Waals surface area contributed by atoms with Gasteiger partial charge >= 0.3 is 5.97 Å². The van der Waals surface area contributed by atoms with Gasteiger partial charge in [0.2, 0.25) is 0 Å². The number of ether oxygens (including phenoxy) is 1. The Hall–Kier alpha value is -2.76. The molecule has 130 valence electrons. The number of nitrogens with zero attached hydrogens (tertiary/aromatic N) is 1. The van der Waals surface area contributed by atoms with Gasteiger partial charge in [0, 0.05) is 24.4 Å². The van der Waals surface area contributed by atoms with Crippen LogP contribution in [0.4, 0.5) is 0 Å². The summed E-state index contributed by atoms with van der Waals surface area (Å²) in [4.78, 5) is 41.0. The molecule has 25 heavy (non-hydrogen) atoms. The van der Waals surface area contributed by atoms with Gasteiger partial charge in [-0.3, -0.25) is 14.6 Å². The van der Waals surface area contributed by atoms with E-state index in [9.17, 15) is 14.4 Å². The van der Waals surface area contributed by atoms with E-state index in [1.165, 1.54) is 7.11 Å². The number of pyridine rings is 1. The molecule has 0 saturated heterocycles. The molecule has 1 heterocycles. The molecular weight excluding hydrogens is 320 g/mol. The van der Waals surface area contributed by atoms with Crippen molar-refractivity contribution in [3.05, 3.63) is 42.1 Å². The van der Waals surface area contributed by atoms with Crippen LogP contribution >= 0.6 is 0 Å². The third-order valence-corrected chi connectivity index (χ3v) is 4.61. The van der Waals surface area contributed by atoms with E-state index in [0.717, 1.165) is 11.8 Å². The number of para-hydroxylation sites is 1. The van der Waals surface area contributed by atoms with Crippen molar-refractivity contribution >= 4 is 28.6 Å². The zero-order valence-electron chi connectivity index (χ0n) is 14.0. The van der Waals surface area contributed by atoms with E-state index >= 15 is 0 Å². The van der Waals surface area contributed by atoms with Crippen molar-refractivity contribution in [3.63, 3.8) is 0 Å². The molecule has 1 fully saturated rings. The quantitative estimate of drug-likeness (QED) is 0.863. The summed E-state index contributed by atoms with van der Waals surface area (Å²) in [7, 11) is 1.28. The van der Waals surface area contributed by atoms with E-state index in [1.54, 1.807) is 24.4 Å². The van der Waals surface area contributed by atoms with Crippen LogP contribution in [0.5, 0.6) is 0 Å². The molecule has 1 saturated carbocycles. The van der Waals surface area contributed by atoms with Crippen molar-refractivity contribution in [2.45, 2.75) is 31.7 Å². The molecule has 0 bridgehead atoms. The second-order valence-electron chi connectivity index (χ2n) is 6.25. The lowest BCUT2D eigenvalue weighted by Gasteiger charge is -2.28. The number of hydrogen-bond acceptors (Lipinski definition) is 5. The number of fused-ring (bicyclic) bond motifs is 1. The number of carbonyl (C=O) groups is 3. The van der Waals surface area contributed by atoms with E-state index in [1.807, 2.05) is 12.1 Å². The fraction of sp³-hybridized carbons (Fsp3) is 0.368. The molecule has 1 amide bonds. The van der Waals surface area contributed by atoms with Crippen molar-refractivity contribution in [2.75, 3.05) is 7.11 Å². The molecule has 1 N–H and O–H groups in total. The van der Waals surface area contributed by atoms with E-state index in [2.05, 4.69) is 10.3 Å². The van der Waals surface area contributed by atoms with Gasteiger partial charge < -0.3 is 10.1 Å². The predicted octanol–water partition coefficient (Wildman–Crippen LogP) is 2.27. The Morgan fingerprint density at radius 2 is 2.08 bits per heavy atom. The topological polar surface area (TPSA) is 85.4 Å². The van der Waals surface area contributed by atoms with Crippen LogP contribution in [0.2, 0.25) is 0 Å². The Bertz CT molecular complexity index is 813. The number of esters is 1. The molecule has 0 aliphatic heterocycles. The molecule has 0 radical (unpaired) electrons. The van der Waals surface area contributed by atoms with Crippen molar-refractivity contribution < 1.29 is 19.1 Å². The molecule has 6 nitrogen and oxygen atoms in total. The van der Waals surface area contributed by atoms with Crippen LogP contribution in [-0.2, 0) is 14.3 Å². The molecule has 1 aromatic carbocycles. The molecule has 1 aliphatic rings. The Morgan fingerprint density at radius 3 is 2.84 bits per heavy atom. The summed E-state index contributed by atoms with van der Waals surface area (Å²) >= 11 is 0. The van der Waals surface area contributed by atoms with Gasteiger partial charge in [-0.25, -0.2) is 4.79 Å². The second-order valence-corrected chi connectivity index (χ2v) is 6.25. The van der Waals surface area contributed by atoms with Crippen LogP contribution in [0.3, 0.4) is 0 Å². The molecule has 2 aromatic rings. The average Bonchev–Trinajstić information content (AvgIpc) is 2.64. The number of hydrogen-bond donors (Lipinski definition) is 1. The maximum absolute atomic E-state index is 12.8. The number of benzene rings is 1. The van der Waals surface area contributed by atoms with Gasteiger partial charge in [0.15, 0.2) is 0 Å². The SMILES string of the molecule is COC(=O)[C@H](NC(=O)c1cccc2cccnc12)[C@H]1CCCC(=O)C1. The molecule has 0 spiro atoms. The molecule has 6 heteroatoms. The number of amides is 1. The van der Waals surface area contributed by atoms with Gasteiger partial charge in [0.05, 0.1) is 18.2 Å². The van der Waals surface area contributed by atoms with Crippen molar-refractivity contribution in [1.82, 2.24) is 10.3 Å². The first-order chi connectivity index (χ1) is 12.1. The monoisotopic (exact) mass is 340 g/mol. The highest BCUT2D eigenvalue weighted by molar-refractivity contribution is 6.06. The maximum atomic E-state index is 12.8. The minimum atomic E-state index is -0.833. The van der Waals surface area contributed by atoms with E-state index in [4.69, 9.17) is 4.74 Å². The van der Waals surface area contributed by atoms with Gasteiger partial charge in [-0.1, -0.05) is 18.2 Å². The Morgan fingerprint density at radius 1 is 1.28 bits per heavy atom. The summed E-state index contributed by atoms with van der Waals surface area (Å²) in [5, 5.41) is 3.61. The van der Waals surface area contributed by atoms with Gasteiger partial charge in [0.25, 0.3) is 5.91 Å². The third kappa shape index (κ3) is 3.68. The van der Waals surface area contributed by atoms with Crippen LogP contribution in [0.1, 0.15) is 36.0 Å². The Labute approximate surface area is 145 Å². The zero-order valence-corrected chi connectivity index (χ0v) is 14.0. The van der Waals surface area contributed by atoms with Gasteiger partial charge in [-0.2, -0.15) is 0 Å². The lowest BCUT2D eigenvalue weighted by Crippen LogP contribution is -2.48. The number of carbonyl (C=O) groups excluding carboxylic acids is 3. The summed E-state index contributed by atoms with van der Waals surface area (Å²) < 4.78 is 4.84. The lowest BCUT2D eigenvalue weighted by atomic mass is 9.83. The van der Waals surface area contributed by atoms with E-state index < -0.39 is 17.9 Å². The maximum Gasteiger partial charge on any atom is 0.328 e.